The second-order valence-corrected chi connectivity index (χ2v) is 20.6. The number of unbranched alkanes of at least 4 members (excludes halogenated alkanes) is 27. The maximum absolute atomic E-state index is 12.6. The fourth-order valence-electron chi connectivity index (χ4n) is 8.01. The smallest absolute Gasteiger partial charge is 0.462 e. The zero-order chi connectivity index (χ0) is 51.7. The number of hydrogen-bond donors (Lipinski definition) is 2. The second-order valence-electron chi connectivity index (χ2n) is 19.1. The number of carbonyl (C=O) groups is 2. The molecule has 0 aromatic heterocycles. The van der Waals surface area contributed by atoms with Crippen LogP contribution in [0.5, 0.6) is 0 Å². The van der Waals surface area contributed by atoms with Crippen molar-refractivity contribution in [1.29, 1.82) is 0 Å². The largest absolute Gasteiger partial charge is 0.472 e. The fourth-order valence-corrected chi connectivity index (χ4v) is 8.78. The lowest BCUT2D eigenvalue weighted by molar-refractivity contribution is -0.161. The van der Waals surface area contributed by atoms with E-state index in [4.69, 9.17) is 24.3 Å². The molecule has 9 nitrogen and oxygen atoms in total. The highest BCUT2D eigenvalue weighted by Gasteiger charge is 2.26. The van der Waals surface area contributed by atoms with Gasteiger partial charge in [0.25, 0.3) is 0 Å². The number of phosphoric ester groups is 1. The van der Waals surface area contributed by atoms with Gasteiger partial charge in [0.05, 0.1) is 13.2 Å². The highest BCUT2D eigenvalue weighted by Crippen LogP contribution is 2.43. The number of hydrogen-bond acceptors (Lipinski definition) is 8. The normalized spacial score (nSPS) is 13.7. The Hall–Kier alpha value is -2.81. The van der Waals surface area contributed by atoms with Crippen LogP contribution in [0.2, 0.25) is 0 Å². The zero-order valence-corrected chi connectivity index (χ0v) is 46.6. The van der Waals surface area contributed by atoms with Crippen molar-refractivity contribution >= 4 is 19.8 Å². The zero-order valence-electron chi connectivity index (χ0n) is 45.7. The van der Waals surface area contributed by atoms with E-state index in [1.807, 2.05) is 12.2 Å². The van der Waals surface area contributed by atoms with Crippen LogP contribution in [-0.4, -0.2) is 49.3 Å². The first-order valence-corrected chi connectivity index (χ1v) is 30.6. The molecule has 0 aliphatic carbocycles. The van der Waals surface area contributed by atoms with Crippen LogP contribution < -0.4 is 5.73 Å². The first-order chi connectivity index (χ1) is 34.8. The molecule has 0 heterocycles. The van der Waals surface area contributed by atoms with Gasteiger partial charge in [0.2, 0.25) is 0 Å². The number of rotatable bonds is 54. The molecule has 0 saturated heterocycles. The molecule has 0 aliphatic heterocycles. The van der Waals surface area contributed by atoms with Gasteiger partial charge >= 0.3 is 19.8 Å². The second kappa shape index (κ2) is 56.5. The molecule has 0 fully saturated rings. The molecule has 2 unspecified atom stereocenters. The van der Waals surface area contributed by atoms with Crippen LogP contribution in [0.1, 0.15) is 258 Å². The summed E-state index contributed by atoms with van der Waals surface area (Å²) in [6, 6.07) is 0. The number of allylic oxidation sites excluding steroid dienone is 14. The maximum Gasteiger partial charge on any atom is 0.472 e. The summed E-state index contributed by atoms with van der Waals surface area (Å²) in [5, 5.41) is 0. The quantitative estimate of drug-likeness (QED) is 0.0264. The van der Waals surface area contributed by atoms with Gasteiger partial charge in [-0.1, -0.05) is 253 Å². The van der Waals surface area contributed by atoms with Gasteiger partial charge in [-0.2, -0.15) is 0 Å². The topological polar surface area (TPSA) is 134 Å². The van der Waals surface area contributed by atoms with Crippen molar-refractivity contribution in [1.82, 2.24) is 0 Å². The maximum atomic E-state index is 12.6. The summed E-state index contributed by atoms with van der Waals surface area (Å²) < 4.78 is 32.9. The van der Waals surface area contributed by atoms with E-state index in [2.05, 4.69) is 86.8 Å². The van der Waals surface area contributed by atoms with Gasteiger partial charge in [-0.15, -0.1) is 0 Å². The molecule has 10 heteroatoms. The third kappa shape index (κ3) is 56.3. The molecule has 3 N–H and O–H groups in total. The molecule has 0 saturated carbocycles. The summed E-state index contributed by atoms with van der Waals surface area (Å²) in [6.45, 7) is 3.56. The van der Waals surface area contributed by atoms with Crippen molar-refractivity contribution in [2.75, 3.05) is 26.4 Å². The van der Waals surface area contributed by atoms with Crippen molar-refractivity contribution in [2.45, 2.75) is 264 Å². The number of phosphoric acid groups is 1. The Morgan fingerprint density at radius 1 is 0.437 bits per heavy atom. The Balaban J connectivity index is 3.97. The Labute approximate surface area is 436 Å². The lowest BCUT2D eigenvalue weighted by Crippen LogP contribution is -2.29. The Morgan fingerprint density at radius 3 is 1.21 bits per heavy atom. The molecular formula is C61H108NO8P. The van der Waals surface area contributed by atoms with Crippen molar-refractivity contribution in [3.05, 3.63) is 85.1 Å². The van der Waals surface area contributed by atoms with Crippen molar-refractivity contribution < 1.29 is 37.6 Å². The van der Waals surface area contributed by atoms with Crippen LogP contribution in [0.25, 0.3) is 0 Å². The lowest BCUT2D eigenvalue weighted by Gasteiger charge is -2.19. The van der Waals surface area contributed by atoms with E-state index in [0.29, 0.717) is 6.42 Å². The minimum Gasteiger partial charge on any atom is -0.462 e. The van der Waals surface area contributed by atoms with Gasteiger partial charge in [-0.05, 0) is 77.0 Å². The van der Waals surface area contributed by atoms with E-state index >= 15 is 0 Å². The van der Waals surface area contributed by atoms with Crippen LogP contribution in [-0.2, 0) is 32.7 Å². The molecule has 0 bridgehead atoms. The van der Waals surface area contributed by atoms with Crippen molar-refractivity contribution in [3.8, 4) is 0 Å². The monoisotopic (exact) mass is 1010 g/mol. The molecule has 0 aliphatic rings. The molecule has 0 aromatic carbocycles. The molecule has 0 radical (unpaired) electrons. The summed E-state index contributed by atoms with van der Waals surface area (Å²) in [6.07, 6.45) is 73.9. The fraction of sp³-hybridized carbons (Fsp3) is 0.738. The summed E-state index contributed by atoms with van der Waals surface area (Å²) in [5.41, 5.74) is 5.37. The van der Waals surface area contributed by atoms with Gasteiger partial charge in [0.1, 0.15) is 6.61 Å². The highest BCUT2D eigenvalue weighted by atomic mass is 31.2. The first-order valence-electron chi connectivity index (χ1n) is 29.1. The van der Waals surface area contributed by atoms with E-state index in [1.165, 1.54) is 167 Å². The van der Waals surface area contributed by atoms with Gasteiger partial charge < -0.3 is 20.1 Å². The summed E-state index contributed by atoms with van der Waals surface area (Å²) in [7, 11) is -4.41. The number of esters is 2. The van der Waals surface area contributed by atoms with E-state index in [-0.39, 0.29) is 32.6 Å². The van der Waals surface area contributed by atoms with E-state index in [1.54, 1.807) is 0 Å². The number of carbonyl (C=O) groups excluding carboxylic acids is 2. The SMILES string of the molecule is CC/C=C\C/C=C\C/C=C\C/C=C\C/C=C\C/C=C\CCC(=O)OC(COC(=O)CCCCCCCCCCCCCCCCCCCCC/C=C\CCCCCCCCCC)COP(=O)(O)OCCN. The van der Waals surface area contributed by atoms with Gasteiger partial charge in [0.15, 0.2) is 6.10 Å². The molecule has 0 aromatic rings. The number of nitrogens with two attached hydrogens (primary N) is 1. The average Bonchev–Trinajstić information content (AvgIpc) is 3.36. The molecule has 0 amide bonds. The Kier molecular flexibility index (Phi) is 54.2. The van der Waals surface area contributed by atoms with Crippen LogP contribution in [0.15, 0.2) is 85.1 Å². The van der Waals surface area contributed by atoms with Crippen LogP contribution in [0.4, 0.5) is 0 Å². The van der Waals surface area contributed by atoms with Crippen LogP contribution in [0.3, 0.4) is 0 Å². The predicted octanol–water partition coefficient (Wildman–Crippen LogP) is 18.3. The Bertz CT molecular complexity index is 1440. The summed E-state index contributed by atoms with van der Waals surface area (Å²) in [4.78, 5) is 35.1. The van der Waals surface area contributed by atoms with E-state index < -0.39 is 32.5 Å². The van der Waals surface area contributed by atoms with Gasteiger partial charge in [-0.3, -0.25) is 18.6 Å². The molecular weight excluding hydrogens is 906 g/mol. The molecule has 410 valence electrons. The summed E-state index contributed by atoms with van der Waals surface area (Å²) >= 11 is 0. The molecule has 0 spiro atoms. The van der Waals surface area contributed by atoms with Gasteiger partial charge in [0, 0.05) is 19.4 Å². The minimum atomic E-state index is -4.41. The van der Waals surface area contributed by atoms with E-state index in [9.17, 15) is 19.0 Å². The average molecular weight is 1010 g/mol. The van der Waals surface area contributed by atoms with Crippen LogP contribution in [0, 0.1) is 0 Å². The predicted molar refractivity (Wildman–Crippen MR) is 302 cm³/mol. The lowest BCUT2D eigenvalue weighted by atomic mass is 10.0. The van der Waals surface area contributed by atoms with Crippen molar-refractivity contribution in [3.63, 3.8) is 0 Å². The molecule has 0 rings (SSSR count). The number of ether oxygens (including phenoxy) is 2. The highest BCUT2D eigenvalue weighted by molar-refractivity contribution is 7.47. The third-order valence-corrected chi connectivity index (χ3v) is 13.3. The van der Waals surface area contributed by atoms with Crippen LogP contribution >= 0.6 is 7.82 Å². The van der Waals surface area contributed by atoms with Crippen molar-refractivity contribution in [2.24, 2.45) is 5.73 Å². The minimum absolute atomic E-state index is 0.0390. The Morgan fingerprint density at radius 2 is 0.803 bits per heavy atom. The molecule has 71 heavy (non-hydrogen) atoms. The first kappa shape index (κ1) is 68.2. The van der Waals surface area contributed by atoms with Gasteiger partial charge in [-0.25, -0.2) is 4.57 Å². The standard InChI is InChI=1S/C61H108NO8P/c1-3-5-7-9-11-13-15-17-19-21-23-24-25-26-27-28-29-30-31-32-33-34-36-37-39-41-43-45-47-49-51-53-60(63)67-57-59(58-69-71(65,66)68-56-55-62)70-61(64)54-52-50-48-46-44-42-40-38-35-22-20-18-16-14-12-10-8-6-4-2/h6,8,12,14,18,20-21,23,35,38,42,44,48,50,59H,3-5,7,9-11,13,15-17,19,22,24-34,36-37,39-41,43,45-47,49,51-58,62H2,1-2H3,(H,65,66)/b8-6-,14-12-,20-18-,23-21-,38-35-,44-42-,50-48-. The third-order valence-electron chi connectivity index (χ3n) is 12.3. The summed E-state index contributed by atoms with van der Waals surface area (Å²) in [5.74, 6) is -0.922. The van der Waals surface area contributed by atoms with E-state index in [0.717, 1.165) is 57.8 Å². The molecule has 2 atom stereocenters.